The molecular weight excluding hydrogens is 260 g/mol. The molecule has 0 spiro atoms. The number of ether oxygens (including phenoxy) is 1. The summed E-state index contributed by atoms with van der Waals surface area (Å²) in [5.74, 6) is -0.955. The van der Waals surface area contributed by atoms with Crippen LogP contribution in [0.1, 0.15) is 50.6 Å². The van der Waals surface area contributed by atoms with E-state index in [0.29, 0.717) is 6.42 Å². The Balaban J connectivity index is 2.13. The highest BCUT2D eigenvalue weighted by Gasteiger charge is 2.24. The summed E-state index contributed by atoms with van der Waals surface area (Å²) in [5.41, 5.74) is 0.148. The van der Waals surface area contributed by atoms with Gasteiger partial charge in [0.2, 0.25) is 0 Å². The fourth-order valence-electron chi connectivity index (χ4n) is 2.72. The van der Waals surface area contributed by atoms with Crippen LogP contribution in [0.2, 0.25) is 0 Å². The molecule has 2 nitrogen and oxygen atoms in total. The molecule has 1 aliphatic rings. The maximum atomic E-state index is 14.0. The normalized spacial score (nSPS) is 20.9. The molecule has 1 heterocycles. The Kier molecular flexibility index (Phi) is 5.92. The van der Waals surface area contributed by atoms with E-state index in [1.807, 2.05) is 6.92 Å². The van der Waals surface area contributed by atoms with Crippen LogP contribution < -0.4 is 5.32 Å². The highest BCUT2D eigenvalue weighted by molar-refractivity contribution is 5.23. The summed E-state index contributed by atoms with van der Waals surface area (Å²) in [5, 5.41) is 3.25. The number of rotatable bonds is 6. The van der Waals surface area contributed by atoms with Crippen molar-refractivity contribution in [2.75, 3.05) is 13.2 Å². The van der Waals surface area contributed by atoms with Gasteiger partial charge in [0.1, 0.15) is 11.6 Å². The molecule has 0 bridgehead atoms. The van der Waals surface area contributed by atoms with Crippen molar-refractivity contribution in [3.63, 3.8) is 0 Å². The van der Waals surface area contributed by atoms with Crippen LogP contribution in [0.4, 0.5) is 8.78 Å². The number of hydrogen-bond donors (Lipinski definition) is 1. The predicted molar refractivity (Wildman–Crippen MR) is 75.6 cm³/mol. The third-order valence-electron chi connectivity index (χ3n) is 3.76. The van der Waals surface area contributed by atoms with Crippen LogP contribution in [0.25, 0.3) is 0 Å². The number of nitrogens with one attached hydrogen (secondary N) is 1. The molecule has 112 valence electrons. The smallest absolute Gasteiger partial charge is 0.130 e. The van der Waals surface area contributed by atoms with Gasteiger partial charge in [0.15, 0.2) is 0 Å². The van der Waals surface area contributed by atoms with Crippen LogP contribution in [-0.4, -0.2) is 19.3 Å². The molecule has 2 rings (SSSR count). The summed E-state index contributed by atoms with van der Waals surface area (Å²) in [4.78, 5) is 0. The molecule has 2 atom stereocenters. The van der Waals surface area contributed by atoms with Crippen molar-refractivity contribution in [2.24, 2.45) is 0 Å². The van der Waals surface area contributed by atoms with Crippen molar-refractivity contribution in [2.45, 2.75) is 51.2 Å². The van der Waals surface area contributed by atoms with Crippen LogP contribution >= 0.6 is 0 Å². The van der Waals surface area contributed by atoms with E-state index in [1.54, 1.807) is 0 Å². The maximum absolute atomic E-state index is 14.0. The maximum Gasteiger partial charge on any atom is 0.130 e. The van der Waals surface area contributed by atoms with Crippen molar-refractivity contribution >= 4 is 0 Å². The van der Waals surface area contributed by atoms with Gasteiger partial charge in [-0.25, -0.2) is 8.78 Å². The summed E-state index contributed by atoms with van der Waals surface area (Å²) < 4.78 is 33.6. The van der Waals surface area contributed by atoms with Crippen LogP contribution in [0.3, 0.4) is 0 Å². The molecule has 1 N–H and O–H groups in total. The molecule has 1 aliphatic heterocycles. The summed E-state index contributed by atoms with van der Waals surface area (Å²) in [6.45, 7) is 3.54. The number of benzene rings is 1. The zero-order valence-corrected chi connectivity index (χ0v) is 12.0. The average Bonchev–Trinajstić information content (AvgIpc) is 2.45. The van der Waals surface area contributed by atoms with Gasteiger partial charge < -0.3 is 10.1 Å². The molecule has 20 heavy (non-hydrogen) atoms. The quantitative estimate of drug-likeness (QED) is 0.853. The zero-order valence-electron chi connectivity index (χ0n) is 12.0. The highest BCUT2D eigenvalue weighted by Crippen LogP contribution is 2.28. The first-order chi connectivity index (χ1) is 9.72. The number of hydrogen-bond acceptors (Lipinski definition) is 2. The van der Waals surface area contributed by atoms with Gasteiger partial charge in [-0.05, 0) is 50.8 Å². The SMILES string of the molecule is CCCNC(CC1CCCCO1)c1c(F)cccc1F. The lowest BCUT2D eigenvalue weighted by atomic mass is 9.95. The van der Waals surface area contributed by atoms with Gasteiger partial charge >= 0.3 is 0 Å². The van der Waals surface area contributed by atoms with Gasteiger partial charge in [-0.2, -0.15) is 0 Å². The number of halogens is 2. The summed E-state index contributed by atoms with van der Waals surface area (Å²) in [7, 11) is 0. The summed E-state index contributed by atoms with van der Waals surface area (Å²) >= 11 is 0. The van der Waals surface area contributed by atoms with Crippen LogP contribution in [-0.2, 0) is 4.74 Å². The average molecular weight is 283 g/mol. The molecular formula is C16H23F2NO. The first kappa shape index (κ1) is 15.4. The molecule has 1 saturated heterocycles. The molecule has 0 amide bonds. The summed E-state index contributed by atoms with van der Waals surface area (Å²) in [6.07, 6.45) is 4.83. The van der Waals surface area contributed by atoms with E-state index in [0.717, 1.165) is 38.8 Å². The molecule has 0 saturated carbocycles. The fourth-order valence-corrected chi connectivity index (χ4v) is 2.72. The summed E-state index contributed by atoms with van der Waals surface area (Å²) in [6, 6.07) is 3.73. The molecule has 0 radical (unpaired) electrons. The second-order valence-corrected chi connectivity index (χ2v) is 5.37. The van der Waals surface area contributed by atoms with Gasteiger partial charge in [0.25, 0.3) is 0 Å². The Labute approximate surface area is 119 Å². The monoisotopic (exact) mass is 283 g/mol. The lowest BCUT2D eigenvalue weighted by Gasteiger charge is -2.28. The van der Waals surface area contributed by atoms with Crippen molar-refractivity contribution in [3.05, 3.63) is 35.4 Å². The van der Waals surface area contributed by atoms with Gasteiger partial charge in [0.05, 0.1) is 6.10 Å². The van der Waals surface area contributed by atoms with Crippen LogP contribution in [0, 0.1) is 11.6 Å². The standard InChI is InChI=1S/C16H23F2NO/c1-2-9-19-15(11-12-6-3-4-10-20-12)16-13(17)7-5-8-14(16)18/h5,7-8,12,15,19H,2-4,6,9-11H2,1H3. The van der Waals surface area contributed by atoms with E-state index < -0.39 is 11.6 Å². The van der Waals surface area contributed by atoms with E-state index >= 15 is 0 Å². The van der Waals surface area contributed by atoms with Crippen LogP contribution in [0.5, 0.6) is 0 Å². The second kappa shape index (κ2) is 7.70. The first-order valence-electron chi connectivity index (χ1n) is 7.51. The first-order valence-corrected chi connectivity index (χ1v) is 7.51. The van der Waals surface area contributed by atoms with Crippen molar-refractivity contribution in [3.8, 4) is 0 Å². The largest absolute Gasteiger partial charge is 0.378 e. The predicted octanol–water partition coefficient (Wildman–Crippen LogP) is 3.96. The minimum atomic E-state index is -0.477. The Morgan fingerprint density at radius 2 is 2.05 bits per heavy atom. The molecule has 1 fully saturated rings. The Hall–Kier alpha value is -1.00. The van der Waals surface area contributed by atoms with E-state index in [-0.39, 0.29) is 17.7 Å². The zero-order chi connectivity index (χ0) is 14.4. The van der Waals surface area contributed by atoms with E-state index in [9.17, 15) is 8.78 Å². The molecule has 0 aliphatic carbocycles. The molecule has 1 aromatic rings. The minimum absolute atomic E-state index is 0.0945. The van der Waals surface area contributed by atoms with Crippen LogP contribution in [0.15, 0.2) is 18.2 Å². The molecule has 2 unspecified atom stereocenters. The van der Waals surface area contributed by atoms with Crippen molar-refractivity contribution in [1.29, 1.82) is 0 Å². The van der Waals surface area contributed by atoms with Gasteiger partial charge in [-0.3, -0.25) is 0 Å². The lowest BCUT2D eigenvalue weighted by Crippen LogP contribution is -2.30. The molecule has 0 aromatic heterocycles. The van der Waals surface area contributed by atoms with E-state index in [1.165, 1.54) is 18.2 Å². The van der Waals surface area contributed by atoms with E-state index in [4.69, 9.17) is 4.74 Å². The third kappa shape index (κ3) is 4.00. The lowest BCUT2D eigenvalue weighted by molar-refractivity contribution is 0.00465. The Morgan fingerprint density at radius 1 is 1.30 bits per heavy atom. The molecule has 1 aromatic carbocycles. The highest BCUT2D eigenvalue weighted by atomic mass is 19.1. The Morgan fingerprint density at radius 3 is 2.65 bits per heavy atom. The topological polar surface area (TPSA) is 21.3 Å². The van der Waals surface area contributed by atoms with E-state index in [2.05, 4.69) is 5.32 Å². The minimum Gasteiger partial charge on any atom is -0.378 e. The Bertz CT molecular complexity index is 399. The fraction of sp³-hybridized carbons (Fsp3) is 0.625. The molecule has 4 heteroatoms. The van der Waals surface area contributed by atoms with Gasteiger partial charge in [-0.1, -0.05) is 13.0 Å². The van der Waals surface area contributed by atoms with Crippen molar-refractivity contribution < 1.29 is 13.5 Å². The van der Waals surface area contributed by atoms with Gasteiger partial charge in [0, 0.05) is 18.2 Å². The van der Waals surface area contributed by atoms with Gasteiger partial charge in [-0.15, -0.1) is 0 Å². The second-order valence-electron chi connectivity index (χ2n) is 5.37. The van der Waals surface area contributed by atoms with Crippen molar-refractivity contribution in [1.82, 2.24) is 5.32 Å². The third-order valence-corrected chi connectivity index (χ3v) is 3.76.